The number of hydrogen-bond donors (Lipinski definition) is 1. The minimum atomic E-state index is -1.32. The lowest BCUT2D eigenvalue weighted by atomic mass is 9.76. The van der Waals surface area contributed by atoms with Gasteiger partial charge in [0.1, 0.15) is 0 Å². The summed E-state index contributed by atoms with van der Waals surface area (Å²) in [5.41, 5.74) is 9.57. The second kappa shape index (κ2) is 9.21. The van der Waals surface area contributed by atoms with Crippen molar-refractivity contribution in [2.75, 3.05) is 13.2 Å². The lowest BCUT2D eigenvalue weighted by Gasteiger charge is -2.56. The van der Waals surface area contributed by atoms with Gasteiger partial charge in [-0.3, -0.25) is 9.59 Å². The quantitative estimate of drug-likeness (QED) is 0.159. The van der Waals surface area contributed by atoms with Gasteiger partial charge < -0.3 is 14.7 Å². The lowest BCUT2D eigenvalue weighted by Crippen LogP contribution is -2.71. The monoisotopic (exact) mass is 438 g/mol. The van der Waals surface area contributed by atoms with Gasteiger partial charge in [0, 0.05) is 11.5 Å². The third kappa shape index (κ3) is 4.10. The van der Waals surface area contributed by atoms with E-state index in [2.05, 4.69) is 26.0 Å². The summed E-state index contributed by atoms with van der Waals surface area (Å²) < 4.78 is 3.61. The smallest absolute Gasteiger partial charge is 0.307 e. The first-order chi connectivity index (χ1) is 12.9. The van der Waals surface area contributed by atoms with E-state index in [0.717, 1.165) is 5.56 Å². The maximum atomic E-state index is 12.9. The molecule has 0 aliphatic carbocycles. The second-order valence-electron chi connectivity index (χ2n) is 6.26. The van der Waals surface area contributed by atoms with Crippen LogP contribution in [0, 0.1) is 0 Å². The fourth-order valence-corrected chi connectivity index (χ4v) is 4.40. The van der Waals surface area contributed by atoms with Crippen molar-refractivity contribution in [3.05, 3.63) is 46.3 Å². The molecule has 1 aromatic rings. The van der Waals surface area contributed by atoms with Crippen molar-refractivity contribution >= 4 is 27.8 Å². The van der Waals surface area contributed by atoms with Crippen molar-refractivity contribution in [2.45, 2.75) is 49.2 Å². The molecule has 0 saturated carbocycles. The molecule has 1 aromatic carbocycles. The molecule has 1 fully saturated rings. The minimum absolute atomic E-state index is 0.0651. The zero-order valence-corrected chi connectivity index (χ0v) is 16.9. The van der Waals surface area contributed by atoms with E-state index in [1.165, 1.54) is 4.90 Å². The van der Waals surface area contributed by atoms with E-state index in [9.17, 15) is 14.7 Å². The van der Waals surface area contributed by atoms with E-state index >= 15 is 0 Å². The topological polar surface area (TPSA) is 116 Å². The number of halogens is 1. The Morgan fingerprint density at radius 2 is 2.11 bits per heavy atom. The number of esters is 1. The van der Waals surface area contributed by atoms with Crippen molar-refractivity contribution in [2.24, 2.45) is 5.11 Å². The van der Waals surface area contributed by atoms with Crippen LogP contribution in [0.4, 0.5) is 0 Å². The minimum Gasteiger partial charge on any atom is -0.466 e. The number of nitrogens with zero attached hydrogens (tertiary/aromatic N) is 4. The molecular formula is C18H23BrN4O4. The van der Waals surface area contributed by atoms with Gasteiger partial charge in [-0.15, -0.1) is 0 Å². The number of carbonyl (C=O) groups excluding carboxylic acids is 2. The molecule has 2 rings (SSSR count). The van der Waals surface area contributed by atoms with Crippen LogP contribution in [-0.4, -0.2) is 51.5 Å². The highest BCUT2D eigenvalue weighted by Gasteiger charge is 2.64. The van der Waals surface area contributed by atoms with Gasteiger partial charge in [-0.2, -0.15) is 0 Å². The molecule has 1 N–H and O–H groups in total. The summed E-state index contributed by atoms with van der Waals surface area (Å²) in [6.45, 7) is 3.95. The first-order valence-electron chi connectivity index (χ1n) is 8.84. The largest absolute Gasteiger partial charge is 0.466 e. The number of rotatable bonds is 9. The summed E-state index contributed by atoms with van der Waals surface area (Å²) in [4.78, 5) is 28.9. The maximum Gasteiger partial charge on any atom is 0.307 e. The maximum absolute atomic E-state index is 12.9. The number of β-lactam (4-membered cyclic amide) rings is 1. The van der Waals surface area contributed by atoms with E-state index in [4.69, 9.17) is 10.3 Å². The molecular weight excluding hydrogens is 416 g/mol. The molecule has 1 aliphatic heterocycles. The average Bonchev–Trinajstić information content (AvgIpc) is 2.68. The zero-order chi connectivity index (χ0) is 20.0. The molecule has 146 valence electrons. The highest BCUT2D eigenvalue weighted by atomic mass is 79.9. The summed E-state index contributed by atoms with van der Waals surface area (Å²) in [7, 11) is 0. The lowest BCUT2D eigenvalue weighted by molar-refractivity contribution is -0.161. The second-order valence-corrected chi connectivity index (χ2v) is 7.57. The number of aliphatic hydroxyl groups is 1. The number of amides is 1. The van der Waals surface area contributed by atoms with Crippen molar-refractivity contribution in [1.82, 2.24) is 4.90 Å². The normalized spacial score (nSPS) is 23.8. The predicted octanol–water partition coefficient (Wildman–Crippen LogP) is 3.11. The van der Waals surface area contributed by atoms with E-state index in [1.54, 1.807) is 13.8 Å². The molecule has 0 unspecified atom stereocenters. The fourth-order valence-electron chi connectivity index (χ4n) is 3.35. The summed E-state index contributed by atoms with van der Waals surface area (Å²) >= 11 is 3.45. The molecule has 1 saturated heterocycles. The molecule has 4 atom stereocenters. The van der Waals surface area contributed by atoms with Crippen molar-refractivity contribution in [3.8, 4) is 0 Å². The Bertz CT molecular complexity index is 725. The summed E-state index contributed by atoms with van der Waals surface area (Å²) in [6, 6.07) is 7.99. The van der Waals surface area contributed by atoms with Crippen molar-refractivity contribution in [1.29, 1.82) is 0 Å². The Balaban J connectivity index is 2.32. The number of benzene rings is 1. The van der Waals surface area contributed by atoms with Gasteiger partial charge in [0.05, 0.1) is 31.2 Å². The van der Waals surface area contributed by atoms with Crippen LogP contribution in [-0.2, 0) is 14.3 Å². The highest BCUT2D eigenvalue weighted by molar-refractivity contribution is 9.10. The molecule has 1 aliphatic rings. The van der Waals surface area contributed by atoms with Gasteiger partial charge in [-0.05, 0) is 24.4 Å². The van der Waals surface area contributed by atoms with E-state index in [0.29, 0.717) is 6.42 Å². The van der Waals surface area contributed by atoms with Crippen LogP contribution in [0.3, 0.4) is 0 Å². The van der Waals surface area contributed by atoms with Gasteiger partial charge in [0.15, 0.2) is 4.32 Å². The van der Waals surface area contributed by atoms with Crippen LogP contribution in [0.25, 0.3) is 10.4 Å². The molecule has 0 bridgehead atoms. The third-order valence-electron chi connectivity index (χ3n) is 4.69. The third-order valence-corrected chi connectivity index (χ3v) is 5.93. The van der Waals surface area contributed by atoms with Crippen molar-refractivity contribution in [3.63, 3.8) is 0 Å². The Kier molecular flexibility index (Phi) is 7.24. The standard InChI is InChI=1S/C18H23BrN4O4/c1-3-13(21-22-20)16(25)18(19)15(12-8-6-5-7-9-12)23(17(18)26)11-10-14(24)27-4-2/h5-9,13,15-16,25H,3-4,10-11H2,1-2H3/t13-,15-,16-,18-/m0/s1. The van der Waals surface area contributed by atoms with Crippen molar-refractivity contribution < 1.29 is 19.4 Å². The Hall–Kier alpha value is -2.09. The zero-order valence-electron chi connectivity index (χ0n) is 15.3. The van der Waals surface area contributed by atoms with Crippen LogP contribution in [0.2, 0.25) is 0 Å². The molecule has 8 nitrogen and oxygen atoms in total. The van der Waals surface area contributed by atoms with Gasteiger partial charge >= 0.3 is 5.97 Å². The molecule has 9 heteroatoms. The van der Waals surface area contributed by atoms with Crippen LogP contribution < -0.4 is 0 Å². The van der Waals surface area contributed by atoms with Crippen LogP contribution in [0.15, 0.2) is 35.4 Å². The fraction of sp³-hybridized carbons (Fsp3) is 0.556. The van der Waals surface area contributed by atoms with E-state index in [-0.39, 0.29) is 31.4 Å². The molecule has 1 heterocycles. The van der Waals surface area contributed by atoms with Gasteiger partial charge in [0.25, 0.3) is 0 Å². The van der Waals surface area contributed by atoms with E-state index < -0.39 is 22.5 Å². The molecule has 0 spiro atoms. The van der Waals surface area contributed by atoms with Gasteiger partial charge in [0.2, 0.25) is 5.91 Å². The highest BCUT2D eigenvalue weighted by Crippen LogP contribution is 2.52. The molecule has 1 amide bonds. The Labute approximate surface area is 166 Å². The predicted molar refractivity (Wildman–Crippen MR) is 103 cm³/mol. The first-order valence-corrected chi connectivity index (χ1v) is 9.63. The number of aliphatic hydroxyl groups excluding tert-OH is 1. The summed E-state index contributed by atoms with van der Waals surface area (Å²) in [5.74, 6) is -0.731. The number of alkyl halides is 1. The number of hydrogen-bond acceptors (Lipinski definition) is 5. The van der Waals surface area contributed by atoms with Crippen LogP contribution in [0.5, 0.6) is 0 Å². The van der Waals surface area contributed by atoms with Crippen LogP contribution >= 0.6 is 15.9 Å². The van der Waals surface area contributed by atoms with Crippen LogP contribution in [0.1, 0.15) is 38.3 Å². The Morgan fingerprint density at radius 1 is 1.44 bits per heavy atom. The summed E-state index contributed by atoms with van der Waals surface area (Å²) in [5, 5.41) is 14.5. The molecule has 0 radical (unpaired) electrons. The number of ether oxygens (including phenoxy) is 1. The van der Waals surface area contributed by atoms with Gasteiger partial charge in [-0.25, -0.2) is 0 Å². The molecule has 0 aromatic heterocycles. The number of carbonyl (C=O) groups is 2. The number of azide groups is 1. The SMILES string of the molecule is CCOC(=O)CCN1C(=O)[C@@](Br)([C@@H](O)[C@H](CC)N=[N+]=[N-])[C@@H]1c1ccccc1. The summed E-state index contributed by atoms with van der Waals surface area (Å²) in [6.07, 6.45) is -0.763. The Morgan fingerprint density at radius 3 is 2.67 bits per heavy atom. The average molecular weight is 439 g/mol. The first kappa shape index (κ1) is 21.2. The van der Waals surface area contributed by atoms with Gasteiger partial charge in [-0.1, -0.05) is 58.3 Å². The molecule has 27 heavy (non-hydrogen) atoms. The number of likely N-dealkylation sites (tertiary alicyclic amines) is 1. The van der Waals surface area contributed by atoms with E-state index in [1.807, 2.05) is 30.3 Å².